The number of carbonyl (C=O) groups excluding carboxylic acids is 1. The van der Waals surface area contributed by atoms with Crippen LogP contribution in [0.15, 0.2) is 24.3 Å². The van der Waals surface area contributed by atoms with E-state index in [-0.39, 0.29) is 0 Å². The van der Waals surface area contributed by atoms with Crippen LogP contribution in [0.5, 0.6) is 0 Å². The van der Waals surface area contributed by atoms with Gasteiger partial charge in [0, 0.05) is 5.56 Å². The zero-order valence-electron chi connectivity index (χ0n) is 9.23. The van der Waals surface area contributed by atoms with Gasteiger partial charge in [-0.25, -0.2) is 4.79 Å². The zero-order chi connectivity index (χ0) is 11.4. The standard InChI is InChI=1S/C12H15NO3/c1-2-3-8-15-11-9-6-4-5-7-10(9)13-12(14)16-11/h4-7,11H,2-3,8H2,1H3,(H,13,14). The molecular formula is C12H15NO3. The fourth-order valence-corrected chi connectivity index (χ4v) is 1.58. The molecular weight excluding hydrogens is 206 g/mol. The molecule has 0 bridgehead atoms. The van der Waals surface area contributed by atoms with Gasteiger partial charge in [0.25, 0.3) is 0 Å². The molecule has 4 nitrogen and oxygen atoms in total. The van der Waals surface area contributed by atoms with Gasteiger partial charge in [-0.2, -0.15) is 0 Å². The van der Waals surface area contributed by atoms with Gasteiger partial charge >= 0.3 is 6.09 Å². The number of nitrogens with one attached hydrogen (secondary N) is 1. The first kappa shape index (κ1) is 11.0. The number of unbranched alkanes of at least 4 members (excludes halogenated alkanes) is 1. The van der Waals surface area contributed by atoms with Crippen molar-refractivity contribution in [2.45, 2.75) is 26.1 Å². The first-order valence-corrected chi connectivity index (χ1v) is 5.49. The summed E-state index contributed by atoms with van der Waals surface area (Å²) >= 11 is 0. The van der Waals surface area contributed by atoms with Crippen LogP contribution in [0, 0.1) is 0 Å². The summed E-state index contributed by atoms with van der Waals surface area (Å²) in [5, 5.41) is 2.64. The summed E-state index contributed by atoms with van der Waals surface area (Å²) < 4.78 is 10.6. The Hall–Kier alpha value is -1.55. The van der Waals surface area contributed by atoms with E-state index in [1.807, 2.05) is 24.3 Å². The van der Waals surface area contributed by atoms with E-state index in [0.29, 0.717) is 6.61 Å². The van der Waals surface area contributed by atoms with Gasteiger partial charge in [-0.3, -0.25) is 5.32 Å². The van der Waals surface area contributed by atoms with Crippen LogP contribution in [0.4, 0.5) is 10.5 Å². The number of anilines is 1. The van der Waals surface area contributed by atoms with Crippen LogP contribution in [-0.4, -0.2) is 12.7 Å². The van der Waals surface area contributed by atoms with Crippen molar-refractivity contribution in [3.8, 4) is 0 Å². The molecule has 0 saturated carbocycles. The number of carbonyl (C=O) groups is 1. The normalized spacial score (nSPS) is 18.6. The Morgan fingerprint density at radius 2 is 2.25 bits per heavy atom. The molecule has 1 N–H and O–H groups in total. The lowest BCUT2D eigenvalue weighted by Gasteiger charge is -2.25. The van der Waals surface area contributed by atoms with Crippen molar-refractivity contribution in [2.75, 3.05) is 11.9 Å². The second kappa shape index (κ2) is 4.99. The summed E-state index contributed by atoms with van der Waals surface area (Å²) in [6.07, 6.45) is 0.987. The van der Waals surface area contributed by atoms with Gasteiger partial charge in [0.1, 0.15) is 0 Å². The van der Waals surface area contributed by atoms with Crippen molar-refractivity contribution in [1.29, 1.82) is 0 Å². The van der Waals surface area contributed by atoms with E-state index >= 15 is 0 Å². The second-order valence-corrected chi connectivity index (χ2v) is 3.67. The monoisotopic (exact) mass is 221 g/mol. The SMILES string of the molecule is CCCCOC1OC(=O)Nc2ccccc21. The van der Waals surface area contributed by atoms with Gasteiger partial charge in [0.2, 0.25) is 6.29 Å². The Morgan fingerprint density at radius 1 is 1.44 bits per heavy atom. The highest BCUT2D eigenvalue weighted by Gasteiger charge is 2.25. The van der Waals surface area contributed by atoms with E-state index in [2.05, 4.69) is 12.2 Å². The van der Waals surface area contributed by atoms with Gasteiger partial charge in [-0.15, -0.1) is 0 Å². The molecule has 1 heterocycles. The Labute approximate surface area is 94.6 Å². The molecule has 86 valence electrons. The Balaban J connectivity index is 2.10. The number of amides is 1. The minimum Gasteiger partial charge on any atom is -0.415 e. The molecule has 0 saturated heterocycles. The van der Waals surface area contributed by atoms with Crippen LogP contribution in [0.25, 0.3) is 0 Å². The van der Waals surface area contributed by atoms with Crippen LogP contribution in [0.1, 0.15) is 31.6 Å². The number of cyclic esters (lactones) is 1. The summed E-state index contributed by atoms with van der Waals surface area (Å²) in [6, 6.07) is 7.50. The van der Waals surface area contributed by atoms with Crippen molar-refractivity contribution >= 4 is 11.8 Å². The number of rotatable bonds is 4. The summed E-state index contributed by atoms with van der Waals surface area (Å²) in [5.74, 6) is 0. The summed E-state index contributed by atoms with van der Waals surface area (Å²) in [6.45, 7) is 2.69. The molecule has 1 aromatic rings. The lowest BCUT2D eigenvalue weighted by molar-refractivity contribution is -0.107. The number of benzene rings is 1. The predicted octanol–water partition coefficient (Wildman–Crippen LogP) is 3.06. The highest BCUT2D eigenvalue weighted by atomic mass is 16.7. The van der Waals surface area contributed by atoms with Crippen molar-refractivity contribution in [1.82, 2.24) is 0 Å². The van der Waals surface area contributed by atoms with Crippen molar-refractivity contribution in [3.63, 3.8) is 0 Å². The summed E-state index contributed by atoms with van der Waals surface area (Å²) in [5.41, 5.74) is 1.64. The number of ether oxygens (including phenoxy) is 2. The van der Waals surface area contributed by atoms with E-state index in [4.69, 9.17) is 9.47 Å². The fourth-order valence-electron chi connectivity index (χ4n) is 1.58. The number of hydrogen-bond donors (Lipinski definition) is 1. The third kappa shape index (κ3) is 2.33. The largest absolute Gasteiger partial charge is 0.415 e. The van der Waals surface area contributed by atoms with Gasteiger partial charge in [-0.05, 0) is 12.5 Å². The first-order valence-electron chi connectivity index (χ1n) is 5.49. The van der Waals surface area contributed by atoms with Crippen molar-refractivity contribution in [3.05, 3.63) is 29.8 Å². The van der Waals surface area contributed by atoms with Gasteiger partial charge in [0.15, 0.2) is 0 Å². The molecule has 1 unspecified atom stereocenters. The smallest absolute Gasteiger partial charge is 0.414 e. The molecule has 0 spiro atoms. The summed E-state index contributed by atoms with van der Waals surface area (Å²) in [4.78, 5) is 11.3. The van der Waals surface area contributed by atoms with Crippen LogP contribution >= 0.6 is 0 Å². The Kier molecular flexibility index (Phi) is 3.41. The quantitative estimate of drug-likeness (QED) is 0.795. The average molecular weight is 221 g/mol. The average Bonchev–Trinajstić information content (AvgIpc) is 2.29. The minimum absolute atomic E-state index is 0.458. The van der Waals surface area contributed by atoms with E-state index in [9.17, 15) is 4.79 Å². The van der Waals surface area contributed by atoms with Crippen LogP contribution in [-0.2, 0) is 9.47 Å². The van der Waals surface area contributed by atoms with E-state index in [1.165, 1.54) is 0 Å². The molecule has 0 aromatic heterocycles. The molecule has 0 aliphatic carbocycles. The van der Waals surface area contributed by atoms with Gasteiger partial charge in [0.05, 0.1) is 12.3 Å². The van der Waals surface area contributed by atoms with E-state index in [0.717, 1.165) is 24.1 Å². The third-order valence-corrected chi connectivity index (χ3v) is 2.43. The second-order valence-electron chi connectivity index (χ2n) is 3.67. The molecule has 4 heteroatoms. The molecule has 16 heavy (non-hydrogen) atoms. The molecule has 1 atom stereocenters. The number of para-hydroxylation sites is 1. The lowest BCUT2D eigenvalue weighted by Crippen LogP contribution is -2.26. The van der Waals surface area contributed by atoms with Gasteiger partial charge < -0.3 is 9.47 Å². The van der Waals surface area contributed by atoms with Gasteiger partial charge in [-0.1, -0.05) is 31.5 Å². The minimum atomic E-state index is -0.573. The lowest BCUT2D eigenvalue weighted by atomic mass is 10.1. The van der Waals surface area contributed by atoms with Crippen LogP contribution < -0.4 is 5.32 Å². The first-order chi connectivity index (χ1) is 7.81. The topological polar surface area (TPSA) is 47.6 Å². The summed E-state index contributed by atoms with van der Waals surface area (Å²) in [7, 11) is 0. The maximum absolute atomic E-state index is 11.3. The maximum atomic E-state index is 11.3. The molecule has 1 amide bonds. The van der Waals surface area contributed by atoms with E-state index in [1.54, 1.807) is 0 Å². The zero-order valence-corrected chi connectivity index (χ0v) is 9.23. The van der Waals surface area contributed by atoms with Crippen molar-refractivity contribution < 1.29 is 14.3 Å². The molecule has 1 aliphatic heterocycles. The molecule has 2 rings (SSSR count). The Morgan fingerprint density at radius 3 is 3.06 bits per heavy atom. The molecule has 0 radical (unpaired) electrons. The fraction of sp³-hybridized carbons (Fsp3) is 0.417. The highest BCUT2D eigenvalue weighted by Crippen LogP contribution is 2.31. The number of hydrogen-bond acceptors (Lipinski definition) is 3. The van der Waals surface area contributed by atoms with Crippen LogP contribution in [0.3, 0.4) is 0 Å². The maximum Gasteiger partial charge on any atom is 0.414 e. The van der Waals surface area contributed by atoms with Crippen molar-refractivity contribution in [2.24, 2.45) is 0 Å². The Bertz CT molecular complexity index is 378. The third-order valence-electron chi connectivity index (χ3n) is 2.43. The van der Waals surface area contributed by atoms with E-state index < -0.39 is 12.4 Å². The number of fused-ring (bicyclic) bond motifs is 1. The molecule has 0 fully saturated rings. The molecule has 1 aliphatic rings. The molecule has 1 aromatic carbocycles. The van der Waals surface area contributed by atoms with Crippen LogP contribution in [0.2, 0.25) is 0 Å². The highest BCUT2D eigenvalue weighted by molar-refractivity contribution is 5.87. The predicted molar refractivity (Wildman–Crippen MR) is 60.1 cm³/mol.